The first-order valence-corrected chi connectivity index (χ1v) is 7.02. The molecule has 0 amide bonds. The smallest absolute Gasteiger partial charge is 0.0595 e. The number of fused-ring (bicyclic) bond motifs is 2. The second-order valence-corrected chi connectivity index (χ2v) is 6.03. The number of aliphatic hydroxyl groups is 1. The molecule has 3 nitrogen and oxygen atoms in total. The van der Waals surface area contributed by atoms with Crippen LogP contribution in [0.25, 0.3) is 0 Å². The zero-order chi connectivity index (χ0) is 12.4. The quantitative estimate of drug-likeness (QED) is 0.798. The number of piperidine rings is 1. The van der Waals surface area contributed by atoms with E-state index in [-0.39, 0.29) is 6.10 Å². The lowest BCUT2D eigenvalue weighted by molar-refractivity contribution is -0.00192. The maximum atomic E-state index is 10.4. The zero-order valence-electron chi connectivity index (χ0n) is 11.4. The van der Waals surface area contributed by atoms with E-state index in [1.807, 2.05) is 0 Å². The summed E-state index contributed by atoms with van der Waals surface area (Å²) in [6, 6.07) is 1.45. The van der Waals surface area contributed by atoms with Gasteiger partial charge in [-0.2, -0.15) is 0 Å². The van der Waals surface area contributed by atoms with Gasteiger partial charge in [0.1, 0.15) is 0 Å². The van der Waals surface area contributed by atoms with Crippen LogP contribution < -0.4 is 0 Å². The fourth-order valence-corrected chi connectivity index (χ4v) is 3.67. The Bertz CT molecular complexity index is 232. The van der Waals surface area contributed by atoms with Crippen LogP contribution in [-0.4, -0.2) is 49.0 Å². The Hall–Kier alpha value is -0.120. The Kier molecular flexibility index (Phi) is 4.45. The molecule has 0 aromatic rings. The van der Waals surface area contributed by atoms with Crippen molar-refractivity contribution < 1.29 is 9.84 Å². The van der Waals surface area contributed by atoms with Crippen molar-refractivity contribution in [3.05, 3.63) is 0 Å². The third-order valence-corrected chi connectivity index (χ3v) is 4.98. The van der Waals surface area contributed by atoms with Gasteiger partial charge < -0.3 is 14.7 Å². The lowest BCUT2D eigenvalue weighted by Crippen LogP contribution is -2.44. The maximum absolute atomic E-state index is 10.4. The van der Waals surface area contributed by atoms with E-state index in [1.165, 1.54) is 25.7 Å². The maximum Gasteiger partial charge on any atom is 0.0595 e. The molecule has 2 aliphatic heterocycles. The molecule has 4 unspecified atom stereocenters. The van der Waals surface area contributed by atoms with Crippen molar-refractivity contribution in [2.45, 2.75) is 57.2 Å². The molecule has 0 spiro atoms. The minimum Gasteiger partial charge on any atom is -0.393 e. The minimum atomic E-state index is -0.137. The Balaban J connectivity index is 1.86. The van der Waals surface area contributed by atoms with E-state index in [4.69, 9.17) is 4.74 Å². The zero-order valence-corrected chi connectivity index (χ0v) is 11.4. The van der Waals surface area contributed by atoms with Crippen LogP contribution in [0.1, 0.15) is 39.0 Å². The Morgan fingerprint density at radius 3 is 2.41 bits per heavy atom. The lowest BCUT2D eigenvalue weighted by Gasteiger charge is -2.39. The Morgan fingerprint density at radius 1 is 1.29 bits per heavy atom. The van der Waals surface area contributed by atoms with Crippen LogP contribution in [0, 0.1) is 11.8 Å². The van der Waals surface area contributed by atoms with Crippen LogP contribution >= 0.6 is 0 Å². The summed E-state index contributed by atoms with van der Waals surface area (Å²) < 4.78 is 5.10. The summed E-state index contributed by atoms with van der Waals surface area (Å²) >= 11 is 0. The van der Waals surface area contributed by atoms with Crippen LogP contribution in [0.4, 0.5) is 0 Å². The van der Waals surface area contributed by atoms with Crippen molar-refractivity contribution >= 4 is 0 Å². The van der Waals surface area contributed by atoms with Gasteiger partial charge >= 0.3 is 0 Å². The molecule has 0 aromatic heterocycles. The molecule has 0 saturated carbocycles. The van der Waals surface area contributed by atoms with Gasteiger partial charge in [0.05, 0.1) is 6.10 Å². The molecule has 4 atom stereocenters. The monoisotopic (exact) mass is 241 g/mol. The van der Waals surface area contributed by atoms with Crippen molar-refractivity contribution in [2.75, 3.05) is 20.8 Å². The third-order valence-electron chi connectivity index (χ3n) is 4.98. The van der Waals surface area contributed by atoms with E-state index < -0.39 is 0 Å². The molecule has 2 fully saturated rings. The summed E-state index contributed by atoms with van der Waals surface area (Å²) in [6.45, 7) is 2.92. The van der Waals surface area contributed by atoms with Gasteiger partial charge in [-0.25, -0.2) is 0 Å². The standard InChI is InChI=1S/C14H27NO2/c1-10(6-7-17-3)14(16)11-8-12-4-5-13(9-11)15(12)2/h10-14,16H,4-9H2,1-3H3. The molecule has 3 heteroatoms. The van der Waals surface area contributed by atoms with E-state index in [0.717, 1.165) is 25.1 Å². The number of nitrogens with zero attached hydrogens (tertiary/aromatic N) is 1. The molecule has 17 heavy (non-hydrogen) atoms. The van der Waals surface area contributed by atoms with Crippen molar-refractivity contribution in [1.29, 1.82) is 0 Å². The second kappa shape index (κ2) is 5.68. The predicted octanol–water partition coefficient (Wildman–Crippen LogP) is 1.89. The molecule has 0 radical (unpaired) electrons. The van der Waals surface area contributed by atoms with Crippen molar-refractivity contribution in [3.63, 3.8) is 0 Å². The number of methoxy groups -OCH3 is 1. The Labute approximate surface area is 105 Å². The van der Waals surface area contributed by atoms with Gasteiger partial charge in [-0.05, 0) is 51.0 Å². The fourth-order valence-electron chi connectivity index (χ4n) is 3.67. The van der Waals surface area contributed by atoms with Gasteiger partial charge in [0.2, 0.25) is 0 Å². The van der Waals surface area contributed by atoms with E-state index in [2.05, 4.69) is 18.9 Å². The fraction of sp³-hybridized carbons (Fsp3) is 1.00. The van der Waals surface area contributed by atoms with Crippen LogP contribution in [0.15, 0.2) is 0 Å². The molecule has 0 aliphatic carbocycles. The van der Waals surface area contributed by atoms with E-state index in [0.29, 0.717) is 11.8 Å². The van der Waals surface area contributed by atoms with Crippen molar-refractivity contribution in [1.82, 2.24) is 4.90 Å². The summed E-state index contributed by atoms with van der Waals surface area (Å²) in [5.41, 5.74) is 0. The van der Waals surface area contributed by atoms with Gasteiger partial charge in [-0.1, -0.05) is 6.92 Å². The highest BCUT2D eigenvalue weighted by atomic mass is 16.5. The topological polar surface area (TPSA) is 32.7 Å². The minimum absolute atomic E-state index is 0.137. The molecular weight excluding hydrogens is 214 g/mol. The van der Waals surface area contributed by atoms with E-state index >= 15 is 0 Å². The average Bonchev–Trinajstić information content (AvgIpc) is 2.58. The van der Waals surface area contributed by atoms with E-state index in [9.17, 15) is 5.11 Å². The summed E-state index contributed by atoms with van der Waals surface area (Å²) in [6.07, 6.45) is 5.87. The van der Waals surface area contributed by atoms with Gasteiger partial charge in [-0.15, -0.1) is 0 Å². The molecule has 2 rings (SSSR count). The SMILES string of the molecule is COCCC(C)C(O)C1CC2CCC(C1)N2C. The lowest BCUT2D eigenvalue weighted by atomic mass is 9.81. The highest BCUT2D eigenvalue weighted by Gasteiger charge is 2.41. The molecule has 2 bridgehead atoms. The van der Waals surface area contributed by atoms with Crippen LogP contribution in [-0.2, 0) is 4.74 Å². The number of hydrogen-bond donors (Lipinski definition) is 1. The summed E-state index contributed by atoms with van der Waals surface area (Å²) in [7, 11) is 3.98. The predicted molar refractivity (Wildman–Crippen MR) is 69.0 cm³/mol. The van der Waals surface area contributed by atoms with Crippen molar-refractivity contribution in [2.24, 2.45) is 11.8 Å². The highest BCUT2D eigenvalue weighted by molar-refractivity contribution is 4.95. The average molecular weight is 241 g/mol. The first kappa shape index (κ1) is 13.3. The third kappa shape index (κ3) is 2.83. The summed E-state index contributed by atoms with van der Waals surface area (Å²) in [5.74, 6) is 0.873. The molecule has 2 aliphatic rings. The first-order chi connectivity index (χ1) is 8.13. The number of ether oxygens (including phenoxy) is 1. The molecule has 100 valence electrons. The number of rotatable bonds is 5. The molecular formula is C14H27NO2. The number of aliphatic hydroxyl groups excluding tert-OH is 1. The van der Waals surface area contributed by atoms with Crippen LogP contribution in [0.3, 0.4) is 0 Å². The number of hydrogen-bond acceptors (Lipinski definition) is 3. The molecule has 2 saturated heterocycles. The summed E-state index contributed by atoms with van der Waals surface area (Å²) in [4.78, 5) is 2.53. The second-order valence-electron chi connectivity index (χ2n) is 6.03. The summed E-state index contributed by atoms with van der Waals surface area (Å²) in [5, 5.41) is 10.4. The van der Waals surface area contributed by atoms with Gasteiger partial charge in [-0.3, -0.25) is 0 Å². The van der Waals surface area contributed by atoms with Crippen molar-refractivity contribution in [3.8, 4) is 0 Å². The highest BCUT2D eigenvalue weighted by Crippen LogP contribution is 2.40. The normalized spacial score (nSPS) is 37.1. The van der Waals surface area contributed by atoms with Gasteiger partial charge in [0, 0.05) is 25.8 Å². The molecule has 1 N–H and O–H groups in total. The Morgan fingerprint density at radius 2 is 1.88 bits per heavy atom. The van der Waals surface area contributed by atoms with Gasteiger partial charge in [0.15, 0.2) is 0 Å². The molecule has 2 heterocycles. The van der Waals surface area contributed by atoms with Crippen LogP contribution in [0.5, 0.6) is 0 Å². The first-order valence-electron chi connectivity index (χ1n) is 7.02. The van der Waals surface area contributed by atoms with E-state index in [1.54, 1.807) is 7.11 Å². The van der Waals surface area contributed by atoms with Gasteiger partial charge in [0.25, 0.3) is 0 Å². The largest absolute Gasteiger partial charge is 0.393 e. The van der Waals surface area contributed by atoms with Crippen LogP contribution in [0.2, 0.25) is 0 Å². The molecule has 0 aromatic carbocycles.